The normalized spacial score (nSPS) is 13.2. The van der Waals surface area contributed by atoms with Crippen LogP contribution in [0.25, 0.3) is 94.7 Å². The maximum atomic E-state index is 16.2. The molecule has 0 aliphatic heterocycles. The topological polar surface area (TPSA) is 56.7 Å². The molecule has 7 heteroatoms. The molecule has 3 heterocycles. The summed E-state index contributed by atoms with van der Waals surface area (Å²) in [4.78, 5) is 14.8. The van der Waals surface area contributed by atoms with Gasteiger partial charge >= 0.3 is 0 Å². The zero-order valence-corrected chi connectivity index (χ0v) is 28.0. The second kappa shape index (κ2) is 11.0. The van der Waals surface area contributed by atoms with E-state index in [4.69, 9.17) is 19.4 Å². The van der Waals surface area contributed by atoms with Crippen LogP contribution in [0, 0.1) is 0 Å². The third-order valence-electron chi connectivity index (χ3n) is 10.4. The van der Waals surface area contributed by atoms with Gasteiger partial charge in [-0.2, -0.15) is 8.78 Å². The van der Waals surface area contributed by atoms with Crippen LogP contribution in [-0.2, 0) is 5.92 Å². The quantitative estimate of drug-likeness (QED) is 0.185. The Hall–Kier alpha value is -6.99. The van der Waals surface area contributed by atoms with E-state index in [1.165, 1.54) is 6.07 Å². The minimum atomic E-state index is -3.15. The zero-order valence-electron chi connectivity index (χ0n) is 28.0. The van der Waals surface area contributed by atoms with Gasteiger partial charge in [0.2, 0.25) is 0 Å². The first-order chi connectivity index (χ1) is 26.0. The number of benzene rings is 7. The summed E-state index contributed by atoms with van der Waals surface area (Å²) in [7, 11) is 0. The number of hydrogen-bond donors (Lipinski definition) is 0. The van der Waals surface area contributed by atoms with Gasteiger partial charge < -0.3 is 8.98 Å². The molecule has 0 radical (unpaired) electrons. The van der Waals surface area contributed by atoms with Crippen molar-refractivity contribution in [2.45, 2.75) is 5.92 Å². The average molecular weight is 689 g/mol. The summed E-state index contributed by atoms with van der Waals surface area (Å²) in [6.45, 7) is 0. The number of aromatic nitrogens is 4. The van der Waals surface area contributed by atoms with Crippen molar-refractivity contribution in [2.24, 2.45) is 0 Å². The summed E-state index contributed by atoms with van der Waals surface area (Å²) in [5, 5.41) is 3.71. The smallest absolute Gasteiger partial charge is 0.299 e. The van der Waals surface area contributed by atoms with Crippen LogP contribution >= 0.6 is 0 Å². The van der Waals surface area contributed by atoms with Gasteiger partial charge in [0.05, 0.1) is 11.0 Å². The average Bonchev–Trinajstić information content (AvgIpc) is 3.83. The van der Waals surface area contributed by atoms with Crippen LogP contribution in [0.5, 0.6) is 0 Å². The fraction of sp³-hybridized carbons (Fsp3) is 0.0217. The molecule has 250 valence electrons. The van der Waals surface area contributed by atoms with Crippen LogP contribution in [0.2, 0.25) is 0 Å². The molecule has 11 rings (SSSR count). The summed E-state index contributed by atoms with van der Waals surface area (Å²) >= 11 is 0. The van der Waals surface area contributed by atoms with E-state index in [2.05, 4.69) is 16.7 Å². The minimum absolute atomic E-state index is 0.00951. The molecule has 1 aliphatic carbocycles. The Bertz CT molecular complexity index is 3040. The van der Waals surface area contributed by atoms with Gasteiger partial charge in [-0.3, -0.25) is 0 Å². The van der Waals surface area contributed by atoms with Gasteiger partial charge in [0.1, 0.15) is 5.58 Å². The van der Waals surface area contributed by atoms with Crippen molar-refractivity contribution in [1.82, 2.24) is 19.5 Å². The van der Waals surface area contributed by atoms with E-state index in [1.54, 1.807) is 18.2 Å². The van der Waals surface area contributed by atoms with E-state index < -0.39 is 5.92 Å². The van der Waals surface area contributed by atoms with Gasteiger partial charge in [-0.15, -0.1) is 0 Å². The molecule has 10 aromatic rings. The molecule has 53 heavy (non-hydrogen) atoms. The number of nitrogens with zero attached hydrogens (tertiary/aromatic N) is 4. The van der Waals surface area contributed by atoms with Gasteiger partial charge in [-0.25, -0.2) is 15.0 Å². The molecular weight excluding hydrogens is 663 g/mol. The summed E-state index contributed by atoms with van der Waals surface area (Å²) in [6.07, 6.45) is 0. The lowest BCUT2D eigenvalue weighted by molar-refractivity contribution is 0.0481. The monoisotopic (exact) mass is 688 g/mol. The molecule has 0 fully saturated rings. The van der Waals surface area contributed by atoms with Crippen molar-refractivity contribution in [3.63, 3.8) is 0 Å². The van der Waals surface area contributed by atoms with E-state index in [9.17, 15) is 0 Å². The van der Waals surface area contributed by atoms with Gasteiger partial charge in [-0.1, -0.05) is 121 Å². The SMILES string of the molecule is FC1(F)c2ccccc2-c2cc3c4ccc5c6ccccc6oc5c4n(-c4cccc(-c5nc(-c6ccccc6)nc(-c6ccccc6)n5)c4)c3cc21. The highest BCUT2D eigenvalue weighted by molar-refractivity contribution is 6.22. The van der Waals surface area contributed by atoms with E-state index in [0.717, 1.165) is 55.0 Å². The van der Waals surface area contributed by atoms with Gasteiger partial charge in [0.15, 0.2) is 23.1 Å². The largest absolute Gasteiger partial charge is 0.454 e. The van der Waals surface area contributed by atoms with Crippen molar-refractivity contribution in [3.8, 4) is 51.0 Å². The molecule has 0 atom stereocenters. The molecule has 0 saturated heterocycles. The molecule has 5 nitrogen and oxygen atoms in total. The lowest BCUT2D eigenvalue weighted by atomic mass is 10.0. The predicted molar refractivity (Wildman–Crippen MR) is 206 cm³/mol. The number of para-hydroxylation sites is 1. The molecule has 0 amide bonds. The summed E-state index contributed by atoms with van der Waals surface area (Å²) in [6, 6.07) is 50.1. The Kier molecular flexibility index (Phi) is 6.17. The van der Waals surface area contributed by atoms with Gasteiger partial charge in [0, 0.05) is 55.0 Å². The standard InChI is InChI=1S/C46H26F2N4O/c47-46(48)37-20-9-7-18-31(37)35-25-36-33-22-23-34-32-19-8-10-21-40(32)53-42(34)41(33)52(39(36)26-38(35)46)30-17-11-16-29(24-30)45-50-43(27-12-3-1-4-13-27)49-44(51-45)28-14-5-2-6-15-28/h1-26H. The van der Waals surface area contributed by atoms with Gasteiger partial charge in [-0.05, 0) is 47.5 Å². The summed E-state index contributed by atoms with van der Waals surface area (Å²) in [5.41, 5.74) is 7.28. The van der Waals surface area contributed by atoms with Crippen LogP contribution in [0.1, 0.15) is 11.1 Å². The van der Waals surface area contributed by atoms with Crippen LogP contribution in [0.3, 0.4) is 0 Å². The molecule has 0 spiro atoms. The molecule has 0 N–H and O–H groups in total. The Labute approximate surface area is 301 Å². The number of hydrogen-bond acceptors (Lipinski definition) is 4. The Morgan fingerprint density at radius 1 is 0.472 bits per heavy atom. The van der Waals surface area contributed by atoms with E-state index in [-0.39, 0.29) is 11.1 Å². The second-order valence-corrected chi connectivity index (χ2v) is 13.4. The first kappa shape index (κ1) is 29.7. The fourth-order valence-corrected chi connectivity index (χ4v) is 7.93. The number of alkyl halides is 2. The van der Waals surface area contributed by atoms with Crippen LogP contribution in [0.4, 0.5) is 8.78 Å². The minimum Gasteiger partial charge on any atom is -0.454 e. The molecule has 0 saturated carbocycles. The van der Waals surface area contributed by atoms with E-state index >= 15 is 8.78 Å². The highest BCUT2D eigenvalue weighted by atomic mass is 19.3. The van der Waals surface area contributed by atoms with E-state index in [0.29, 0.717) is 39.7 Å². The Morgan fingerprint density at radius 2 is 1.09 bits per heavy atom. The maximum Gasteiger partial charge on any atom is 0.299 e. The lowest BCUT2D eigenvalue weighted by Gasteiger charge is -2.14. The van der Waals surface area contributed by atoms with Crippen LogP contribution in [0.15, 0.2) is 162 Å². The molecule has 3 aromatic heterocycles. The number of furan rings is 1. The third-order valence-corrected chi connectivity index (χ3v) is 10.4. The number of rotatable bonds is 4. The van der Waals surface area contributed by atoms with E-state index in [1.807, 2.05) is 121 Å². The second-order valence-electron chi connectivity index (χ2n) is 13.4. The van der Waals surface area contributed by atoms with Crippen molar-refractivity contribution in [2.75, 3.05) is 0 Å². The molecule has 1 aliphatic rings. The highest BCUT2D eigenvalue weighted by Gasteiger charge is 2.44. The Balaban J connectivity index is 1.20. The predicted octanol–water partition coefficient (Wildman–Crippen LogP) is 12.0. The fourth-order valence-electron chi connectivity index (χ4n) is 7.93. The first-order valence-corrected chi connectivity index (χ1v) is 17.4. The zero-order chi connectivity index (χ0) is 35.3. The lowest BCUT2D eigenvalue weighted by Crippen LogP contribution is -2.11. The van der Waals surface area contributed by atoms with Crippen molar-refractivity contribution >= 4 is 43.7 Å². The molecule has 7 aromatic carbocycles. The molecular formula is C46H26F2N4O. The number of halogens is 2. The summed E-state index contributed by atoms with van der Waals surface area (Å²) < 4.78 is 41.1. The molecule has 0 bridgehead atoms. The Morgan fingerprint density at radius 3 is 1.85 bits per heavy atom. The summed E-state index contributed by atoms with van der Waals surface area (Å²) in [5.74, 6) is -1.54. The van der Waals surface area contributed by atoms with Crippen molar-refractivity contribution < 1.29 is 13.2 Å². The van der Waals surface area contributed by atoms with Gasteiger partial charge in [0.25, 0.3) is 5.92 Å². The van der Waals surface area contributed by atoms with Crippen LogP contribution in [-0.4, -0.2) is 19.5 Å². The highest BCUT2D eigenvalue weighted by Crippen LogP contribution is 2.53. The van der Waals surface area contributed by atoms with Crippen molar-refractivity contribution in [3.05, 3.63) is 169 Å². The van der Waals surface area contributed by atoms with Crippen molar-refractivity contribution in [1.29, 1.82) is 0 Å². The maximum absolute atomic E-state index is 16.2. The third kappa shape index (κ3) is 4.37. The van der Waals surface area contributed by atoms with Crippen LogP contribution < -0.4 is 0 Å². The number of fused-ring (bicyclic) bond motifs is 10. The molecule has 0 unspecified atom stereocenters. The first-order valence-electron chi connectivity index (χ1n) is 17.4.